The van der Waals surface area contributed by atoms with Crippen LogP contribution in [0.15, 0.2) is 73.2 Å². The van der Waals surface area contributed by atoms with Gasteiger partial charge in [-0.05, 0) is 35.9 Å². The molecule has 0 amide bonds. The van der Waals surface area contributed by atoms with E-state index in [1.165, 1.54) is 6.07 Å². The number of benzene rings is 2. The number of hydrogen-bond donors (Lipinski definition) is 0. The summed E-state index contributed by atoms with van der Waals surface area (Å²) in [5, 5.41) is 5.48. The highest BCUT2D eigenvalue weighted by Gasteiger charge is 2.18. The van der Waals surface area contributed by atoms with Crippen LogP contribution in [-0.4, -0.2) is 31.5 Å². The van der Waals surface area contributed by atoms with Gasteiger partial charge in [-0.15, -0.1) is 0 Å². The van der Waals surface area contributed by atoms with Crippen molar-refractivity contribution in [3.05, 3.63) is 84.6 Å². The number of fused-ring (bicyclic) bond motifs is 2. The average Bonchev–Trinajstić information content (AvgIpc) is 3.45. The van der Waals surface area contributed by atoms with Crippen LogP contribution in [0.3, 0.4) is 0 Å². The third-order valence-corrected chi connectivity index (χ3v) is 5.35. The summed E-state index contributed by atoms with van der Waals surface area (Å²) in [6, 6.07) is 16.1. The Bertz CT molecular complexity index is 1450. The molecule has 6 rings (SSSR count). The van der Waals surface area contributed by atoms with Crippen molar-refractivity contribution in [3.63, 3.8) is 0 Å². The van der Waals surface area contributed by atoms with Gasteiger partial charge in [0.2, 0.25) is 6.79 Å². The lowest BCUT2D eigenvalue weighted by atomic mass is 10.1. The van der Waals surface area contributed by atoms with Crippen LogP contribution in [0.2, 0.25) is 0 Å². The minimum absolute atomic E-state index is 0.227. The van der Waals surface area contributed by atoms with Crippen molar-refractivity contribution in [1.82, 2.24) is 24.7 Å². The van der Waals surface area contributed by atoms with Crippen molar-refractivity contribution < 1.29 is 13.9 Å². The van der Waals surface area contributed by atoms with Gasteiger partial charge >= 0.3 is 0 Å². The molecule has 1 aliphatic rings. The molecule has 156 valence electrons. The van der Waals surface area contributed by atoms with Gasteiger partial charge in [0.05, 0.1) is 11.9 Å². The highest BCUT2D eigenvalue weighted by Crippen LogP contribution is 2.36. The van der Waals surface area contributed by atoms with Crippen LogP contribution in [0.25, 0.3) is 33.7 Å². The molecular formula is C24H16FN5O2. The van der Waals surface area contributed by atoms with Crippen LogP contribution in [0.5, 0.6) is 11.5 Å². The monoisotopic (exact) mass is 425 g/mol. The summed E-state index contributed by atoms with van der Waals surface area (Å²) < 4.78 is 26.7. The summed E-state index contributed by atoms with van der Waals surface area (Å²) in [7, 11) is 0. The lowest BCUT2D eigenvalue weighted by Gasteiger charge is -2.04. The van der Waals surface area contributed by atoms with Crippen LogP contribution in [0.1, 0.15) is 5.56 Å². The molecule has 2 aromatic carbocycles. The molecule has 3 aromatic heterocycles. The largest absolute Gasteiger partial charge is 0.454 e. The zero-order valence-corrected chi connectivity index (χ0v) is 16.8. The SMILES string of the molecule is Fc1ccccc1Cn1nc(-c2ncc(-c3ccc4c(c3)OCO4)cn2)c2cccnc21. The molecule has 0 aliphatic carbocycles. The molecule has 0 bridgehead atoms. The first-order chi connectivity index (χ1) is 15.8. The molecule has 0 N–H and O–H groups in total. The second-order valence-electron chi connectivity index (χ2n) is 7.34. The van der Waals surface area contributed by atoms with Gasteiger partial charge < -0.3 is 9.47 Å². The number of hydrogen-bond acceptors (Lipinski definition) is 6. The molecule has 0 fully saturated rings. The van der Waals surface area contributed by atoms with E-state index in [0.29, 0.717) is 28.5 Å². The highest BCUT2D eigenvalue weighted by molar-refractivity contribution is 5.89. The van der Waals surface area contributed by atoms with E-state index < -0.39 is 0 Å². The van der Waals surface area contributed by atoms with Gasteiger partial charge in [-0.25, -0.2) is 24.0 Å². The number of ether oxygens (including phenoxy) is 2. The molecule has 4 heterocycles. The predicted molar refractivity (Wildman–Crippen MR) is 116 cm³/mol. The minimum atomic E-state index is -0.280. The minimum Gasteiger partial charge on any atom is -0.454 e. The third kappa shape index (κ3) is 3.13. The van der Waals surface area contributed by atoms with E-state index in [9.17, 15) is 4.39 Å². The maximum atomic E-state index is 14.2. The number of aromatic nitrogens is 5. The summed E-state index contributed by atoms with van der Waals surface area (Å²) in [6.45, 7) is 0.486. The number of rotatable bonds is 4. The molecule has 8 heteroatoms. The normalized spacial score (nSPS) is 12.4. The average molecular weight is 425 g/mol. The van der Waals surface area contributed by atoms with Gasteiger partial charge in [-0.1, -0.05) is 24.3 Å². The van der Waals surface area contributed by atoms with Crippen molar-refractivity contribution in [2.24, 2.45) is 0 Å². The summed E-state index contributed by atoms with van der Waals surface area (Å²) in [4.78, 5) is 13.5. The standard InChI is InChI=1S/C24H16FN5O2/c25-19-6-2-1-4-16(19)13-30-24-18(5-3-9-26-24)22(29-30)23-27-11-17(12-28-23)15-7-8-20-21(10-15)32-14-31-20/h1-12H,13-14H2. The molecule has 0 saturated carbocycles. The van der Waals surface area contributed by atoms with Gasteiger partial charge in [0.1, 0.15) is 11.5 Å². The van der Waals surface area contributed by atoms with E-state index in [1.807, 2.05) is 30.3 Å². The first kappa shape index (κ1) is 18.4. The Morgan fingerprint density at radius 1 is 0.875 bits per heavy atom. The molecule has 0 spiro atoms. The smallest absolute Gasteiger partial charge is 0.231 e. The van der Waals surface area contributed by atoms with Gasteiger partial charge in [0.15, 0.2) is 23.0 Å². The molecule has 5 aromatic rings. The van der Waals surface area contributed by atoms with E-state index >= 15 is 0 Å². The first-order valence-corrected chi connectivity index (χ1v) is 10.0. The summed E-state index contributed by atoms with van der Waals surface area (Å²) >= 11 is 0. The zero-order valence-electron chi connectivity index (χ0n) is 16.8. The molecule has 7 nitrogen and oxygen atoms in total. The van der Waals surface area contributed by atoms with Crippen molar-refractivity contribution in [1.29, 1.82) is 0 Å². The Morgan fingerprint density at radius 3 is 2.59 bits per heavy atom. The fourth-order valence-corrected chi connectivity index (χ4v) is 3.75. The summed E-state index contributed by atoms with van der Waals surface area (Å²) in [5.74, 6) is 1.62. The van der Waals surface area contributed by atoms with Crippen molar-refractivity contribution in [2.75, 3.05) is 6.79 Å². The van der Waals surface area contributed by atoms with Gasteiger partial charge in [-0.2, -0.15) is 5.10 Å². The Kier molecular flexibility index (Phi) is 4.28. The Labute approximate surface area is 182 Å². The van der Waals surface area contributed by atoms with Gasteiger partial charge in [0.25, 0.3) is 0 Å². The van der Waals surface area contributed by atoms with Gasteiger partial charge in [0, 0.05) is 29.7 Å². The van der Waals surface area contributed by atoms with E-state index in [-0.39, 0.29) is 19.2 Å². The molecular weight excluding hydrogens is 409 g/mol. The topological polar surface area (TPSA) is 75.0 Å². The molecule has 1 aliphatic heterocycles. The maximum absolute atomic E-state index is 14.2. The Balaban J connectivity index is 1.37. The summed E-state index contributed by atoms with van der Waals surface area (Å²) in [6.07, 6.45) is 5.19. The van der Waals surface area contributed by atoms with Crippen molar-refractivity contribution in [3.8, 4) is 34.1 Å². The second kappa shape index (κ2) is 7.42. The van der Waals surface area contributed by atoms with Crippen LogP contribution in [-0.2, 0) is 6.54 Å². The van der Waals surface area contributed by atoms with Crippen LogP contribution < -0.4 is 9.47 Å². The lowest BCUT2D eigenvalue weighted by Crippen LogP contribution is -2.04. The zero-order chi connectivity index (χ0) is 21.5. The molecule has 0 radical (unpaired) electrons. The van der Waals surface area contributed by atoms with Crippen molar-refractivity contribution >= 4 is 11.0 Å². The van der Waals surface area contributed by atoms with E-state index in [2.05, 4.69) is 20.1 Å². The molecule has 0 unspecified atom stereocenters. The van der Waals surface area contributed by atoms with Crippen LogP contribution in [0.4, 0.5) is 4.39 Å². The fraction of sp³-hybridized carbons (Fsp3) is 0.0833. The van der Waals surface area contributed by atoms with E-state index in [1.54, 1.807) is 41.5 Å². The third-order valence-electron chi connectivity index (χ3n) is 5.35. The number of pyridine rings is 1. The summed E-state index contributed by atoms with van der Waals surface area (Å²) in [5.41, 5.74) is 3.56. The predicted octanol–water partition coefficient (Wildman–Crippen LogP) is 4.47. The molecule has 0 atom stereocenters. The van der Waals surface area contributed by atoms with Crippen LogP contribution in [0, 0.1) is 5.82 Å². The van der Waals surface area contributed by atoms with E-state index in [0.717, 1.165) is 22.3 Å². The highest BCUT2D eigenvalue weighted by atomic mass is 19.1. The quantitative estimate of drug-likeness (QED) is 0.423. The van der Waals surface area contributed by atoms with Crippen molar-refractivity contribution in [2.45, 2.75) is 6.54 Å². The Morgan fingerprint density at radius 2 is 1.72 bits per heavy atom. The fourth-order valence-electron chi connectivity index (χ4n) is 3.75. The first-order valence-electron chi connectivity index (χ1n) is 10.0. The van der Waals surface area contributed by atoms with E-state index in [4.69, 9.17) is 9.47 Å². The molecule has 0 saturated heterocycles. The molecule has 32 heavy (non-hydrogen) atoms. The van der Waals surface area contributed by atoms with Gasteiger partial charge in [-0.3, -0.25) is 0 Å². The lowest BCUT2D eigenvalue weighted by molar-refractivity contribution is 0.174. The Hall–Kier alpha value is -4.33. The van der Waals surface area contributed by atoms with Crippen LogP contribution >= 0.6 is 0 Å². The number of halogens is 1. The second-order valence-corrected chi connectivity index (χ2v) is 7.34. The maximum Gasteiger partial charge on any atom is 0.231 e. The number of nitrogens with zero attached hydrogens (tertiary/aromatic N) is 5.